The van der Waals surface area contributed by atoms with Crippen molar-refractivity contribution in [2.24, 2.45) is 11.3 Å². The number of nitrogens with one attached hydrogen (secondary N) is 2. The average molecular weight is 449 g/mol. The quantitative estimate of drug-likeness (QED) is 0.537. The minimum Gasteiger partial charge on any atom is -0.481 e. The number of carbonyl (C=O) groups excluding carboxylic acids is 2. The summed E-state index contributed by atoms with van der Waals surface area (Å²) >= 11 is 1.53. The Morgan fingerprint density at radius 3 is 2.42 bits per heavy atom. The van der Waals surface area contributed by atoms with Crippen molar-refractivity contribution in [3.05, 3.63) is 16.0 Å². The Hall–Kier alpha value is -1.89. The molecule has 0 bridgehead atoms. The highest BCUT2D eigenvalue weighted by Gasteiger charge is 2.34. The van der Waals surface area contributed by atoms with Crippen LogP contribution in [0.4, 0.5) is 5.00 Å². The minimum absolute atomic E-state index is 0.0311. The highest BCUT2D eigenvalue weighted by atomic mass is 32.1. The van der Waals surface area contributed by atoms with Gasteiger partial charge >= 0.3 is 5.97 Å². The first kappa shape index (κ1) is 23.8. The number of fused-ring (bicyclic) bond motifs is 1. The number of carboxylic acids is 1. The lowest BCUT2D eigenvalue weighted by Gasteiger charge is -2.34. The third kappa shape index (κ3) is 6.31. The molecular weight excluding hydrogens is 412 g/mol. The zero-order chi connectivity index (χ0) is 22.6. The van der Waals surface area contributed by atoms with Gasteiger partial charge in [0.2, 0.25) is 5.91 Å². The third-order valence-corrected chi connectivity index (χ3v) is 7.87. The second-order valence-corrected chi connectivity index (χ2v) is 11.2. The second kappa shape index (κ2) is 10.2. The minimum atomic E-state index is -0.903. The molecule has 3 N–H and O–H groups in total. The van der Waals surface area contributed by atoms with Crippen LogP contribution >= 0.6 is 11.3 Å². The highest BCUT2D eigenvalue weighted by molar-refractivity contribution is 7.17. The first-order valence-electron chi connectivity index (χ1n) is 11.6. The van der Waals surface area contributed by atoms with E-state index >= 15 is 0 Å². The van der Waals surface area contributed by atoms with E-state index in [1.165, 1.54) is 22.6 Å². The number of hydrogen-bond acceptors (Lipinski definition) is 4. The van der Waals surface area contributed by atoms with E-state index in [-0.39, 0.29) is 36.1 Å². The van der Waals surface area contributed by atoms with Crippen LogP contribution in [0.3, 0.4) is 0 Å². The van der Waals surface area contributed by atoms with E-state index in [1.54, 1.807) is 0 Å². The molecule has 1 aromatic heterocycles. The molecule has 2 amide bonds. The lowest BCUT2D eigenvalue weighted by atomic mass is 9.72. The molecular formula is C24H36N2O4S. The summed E-state index contributed by atoms with van der Waals surface area (Å²) in [5.74, 6) is -0.648. The predicted molar refractivity (Wildman–Crippen MR) is 124 cm³/mol. The number of amides is 2. The molecule has 0 unspecified atom stereocenters. The summed E-state index contributed by atoms with van der Waals surface area (Å²) in [6.07, 6.45) is 8.79. The maximum Gasteiger partial charge on any atom is 0.303 e. The van der Waals surface area contributed by atoms with Crippen LogP contribution in [-0.2, 0) is 22.4 Å². The number of thiophene rings is 1. The molecule has 0 radical (unpaired) electrons. The number of anilines is 1. The van der Waals surface area contributed by atoms with Gasteiger partial charge in [-0.2, -0.15) is 0 Å². The fourth-order valence-corrected chi connectivity index (χ4v) is 6.09. The zero-order valence-electron chi connectivity index (χ0n) is 19.0. The Kier molecular flexibility index (Phi) is 7.78. The van der Waals surface area contributed by atoms with E-state index in [0.717, 1.165) is 50.5 Å². The summed E-state index contributed by atoms with van der Waals surface area (Å²) in [6, 6.07) is 0.210. The lowest BCUT2D eigenvalue weighted by molar-refractivity contribution is -0.137. The van der Waals surface area contributed by atoms with Crippen LogP contribution in [-0.4, -0.2) is 28.9 Å². The van der Waals surface area contributed by atoms with Gasteiger partial charge in [0.25, 0.3) is 5.91 Å². The normalized spacial score (nSPS) is 19.5. The summed E-state index contributed by atoms with van der Waals surface area (Å²) in [6.45, 7) is 6.79. The van der Waals surface area contributed by atoms with Crippen molar-refractivity contribution in [3.8, 4) is 0 Å². The topological polar surface area (TPSA) is 95.5 Å². The van der Waals surface area contributed by atoms with Crippen molar-refractivity contribution >= 4 is 34.1 Å². The SMILES string of the molecule is CC(C)(C)[C@H]1CCc2c(sc(NC(=O)CCCC(=O)O)c2C(=O)NC2CCCCC2)C1. The lowest BCUT2D eigenvalue weighted by Crippen LogP contribution is -2.37. The van der Waals surface area contributed by atoms with E-state index in [4.69, 9.17) is 5.11 Å². The Morgan fingerprint density at radius 1 is 1.06 bits per heavy atom. The summed E-state index contributed by atoms with van der Waals surface area (Å²) < 4.78 is 0. The van der Waals surface area contributed by atoms with Gasteiger partial charge in [-0.1, -0.05) is 40.0 Å². The van der Waals surface area contributed by atoms with E-state index in [0.29, 0.717) is 22.9 Å². The monoisotopic (exact) mass is 448 g/mol. The van der Waals surface area contributed by atoms with Crippen LogP contribution in [0.2, 0.25) is 0 Å². The van der Waals surface area contributed by atoms with E-state index in [1.807, 2.05) is 0 Å². The Bertz CT molecular complexity index is 818. The van der Waals surface area contributed by atoms with Crippen molar-refractivity contribution in [2.75, 3.05) is 5.32 Å². The van der Waals surface area contributed by atoms with Gasteiger partial charge in [0.15, 0.2) is 0 Å². The molecule has 0 saturated heterocycles. The van der Waals surface area contributed by atoms with Gasteiger partial charge in [-0.3, -0.25) is 14.4 Å². The first-order valence-corrected chi connectivity index (χ1v) is 12.4. The molecule has 0 aromatic carbocycles. The molecule has 172 valence electrons. The number of carbonyl (C=O) groups is 3. The average Bonchev–Trinajstić information content (AvgIpc) is 3.04. The van der Waals surface area contributed by atoms with Crippen molar-refractivity contribution < 1.29 is 19.5 Å². The Labute approximate surface area is 189 Å². The molecule has 31 heavy (non-hydrogen) atoms. The molecule has 0 spiro atoms. The molecule has 2 aliphatic rings. The zero-order valence-corrected chi connectivity index (χ0v) is 19.8. The van der Waals surface area contributed by atoms with Gasteiger partial charge in [-0.15, -0.1) is 11.3 Å². The van der Waals surface area contributed by atoms with Crippen LogP contribution < -0.4 is 10.6 Å². The van der Waals surface area contributed by atoms with Gasteiger partial charge in [0.05, 0.1) is 5.56 Å². The van der Waals surface area contributed by atoms with Gasteiger partial charge in [0, 0.05) is 23.8 Å². The molecule has 1 saturated carbocycles. The maximum atomic E-state index is 13.3. The van der Waals surface area contributed by atoms with Crippen LogP contribution in [0, 0.1) is 11.3 Å². The maximum absolute atomic E-state index is 13.3. The fourth-order valence-electron chi connectivity index (χ4n) is 4.75. The third-order valence-electron chi connectivity index (χ3n) is 6.70. The molecule has 7 heteroatoms. The Morgan fingerprint density at radius 2 is 1.77 bits per heavy atom. The standard InChI is InChI=1S/C24H36N2O4S/c1-24(2,3)15-12-13-17-18(14-15)31-23(26-19(27)10-7-11-20(28)29)21(17)22(30)25-16-8-5-4-6-9-16/h15-16H,4-14H2,1-3H3,(H,25,30)(H,26,27)(H,28,29)/t15-/m0/s1. The van der Waals surface area contributed by atoms with E-state index in [9.17, 15) is 14.4 Å². The van der Waals surface area contributed by atoms with Gasteiger partial charge in [0.1, 0.15) is 5.00 Å². The van der Waals surface area contributed by atoms with Crippen LogP contribution in [0.25, 0.3) is 0 Å². The van der Waals surface area contributed by atoms with Crippen molar-refractivity contribution in [1.29, 1.82) is 0 Å². The van der Waals surface area contributed by atoms with Gasteiger partial charge in [-0.25, -0.2) is 0 Å². The molecule has 1 heterocycles. The Balaban J connectivity index is 1.80. The second-order valence-electron chi connectivity index (χ2n) is 10.1. The highest BCUT2D eigenvalue weighted by Crippen LogP contribution is 2.44. The number of hydrogen-bond donors (Lipinski definition) is 3. The molecule has 0 aliphatic heterocycles. The number of carboxylic acid groups (broad SMARTS) is 1. The van der Waals surface area contributed by atoms with Gasteiger partial charge in [-0.05, 0) is 55.4 Å². The molecule has 1 aromatic rings. The fraction of sp³-hybridized carbons (Fsp3) is 0.708. The molecule has 1 atom stereocenters. The summed E-state index contributed by atoms with van der Waals surface area (Å²) in [5.41, 5.74) is 1.94. The smallest absolute Gasteiger partial charge is 0.303 e. The molecule has 3 rings (SSSR count). The van der Waals surface area contributed by atoms with Crippen molar-refractivity contribution in [3.63, 3.8) is 0 Å². The van der Waals surface area contributed by atoms with Crippen LogP contribution in [0.5, 0.6) is 0 Å². The predicted octanol–water partition coefficient (Wildman–Crippen LogP) is 5.16. The van der Waals surface area contributed by atoms with E-state index in [2.05, 4.69) is 31.4 Å². The summed E-state index contributed by atoms with van der Waals surface area (Å²) in [7, 11) is 0. The molecule has 1 fully saturated rings. The van der Waals surface area contributed by atoms with Crippen molar-refractivity contribution in [2.45, 2.75) is 97.4 Å². The van der Waals surface area contributed by atoms with Gasteiger partial charge < -0.3 is 15.7 Å². The summed E-state index contributed by atoms with van der Waals surface area (Å²) in [4.78, 5) is 37.7. The number of rotatable bonds is 7. The van der Waals surface area contributed by atoms with Crippen LogP contribution in [0.1, 0.15) is 99.4 Å². The largest absolute Gasteiger partial charge is 0.481 e. The first-order chi connectivity index (χ1) is 14.6. The molecule has 2 aliphatic carbocycles. The number of aliphatic carboxylic acids is 1. The van der Waals surface area contributed by atoms with Crippen LogP contribution in [0.15, 0.2) is 0 Å². The summed E-state index contributed by atoms with van der Waals surface area (Å²) in [5, 5.41) is 15.6. The van der Waals surface area contributed by atoms with E-state index < -0.39 is 5.97 Å². The van der Waals surface area contributed by atoms with Crippen molar-refractivity contribution in [1.82, 2.24) is 5.32 Å². The molecule has 6 nitrogen and oxygen atoms in total.